The number of hydrogen-bond donors (Lipinski definition) is 1. The Morgan fingerprint density at radius 2 is 2.05 bits per heavy atom. The van der Waals surface area contributed by atoms with Gasteiger partial charge in [-0.1, -0.05) is 30.1 Å². The highest BCUT2D eigenvalue weighted by Crippen LogP contribution is 2.16. The summed E-state index contributed by atoms with van der Waals surface area (Å²) in [5.41, 5.74) is 10.2. The van der Waals surface area contributed by atoms with Gasteiger partial charge in [0, 0.05) is 21.6 Å². The SMILES string of the molecule is [N-]=[N+]=NCCCCCCOCc1ccc(CO)cc1I. The molecule has 20 heavy (non-hydrogen) atoms. The van der Waals surface area contributed by atoms with Crippen molar-refractivity contribution < 1.29 is 9.84 Å². The Balaban J connectivity index is 2.10. The van der Waals surface area contributed by atoms with E-state index in [9.17, 15) is 0 Å². The summed E-state index contributed by atoms with van der Waals surface area (Å²) in [6, 6.07) is 5.92. The van der Waals surface area contributed by atoms with Gasteiger partial charge in [0.1, 0.15) is 0 Å². The number of unbranched alkanes of at least 4 members (excludes halogenated alkanes) is 3. The molecule has 0 unspecified atom stereocenters. The fraction of sp³-hybridized carbons (Fsp3) is 0.571. The Labute approximate surface area is 133 Å². The Morgan fingerprint density at radius 1 is 1.25 bits per heavy atom. The number of halogens is 1. The fourth-order valence-corrected chi connectivity index (χ4v) is 2.51. The molecule has 0 heterocycles. The Hall–Kier alpha value is -0.820. The number of benzene rings is 1. The molecule has 1 rings (SSSR count). The van der Waals surface area contributed by atoms with Crippen molar-refractivity contribution in [1.29, 1.82) is 0 Å². The van der Waals surface area contributed by atoms with E-state index in [-0.39, 0.29) is 6.61 Å². The normalized spacial score (nSPS) is 10.3. The summed E-state index contributed by atoms with van der Waals surface area (Å²) in [6.45, 7) is 2.03. The van der Waals surface area contributed by atoms with Gasteiger partial charge in [-0.05, 0) is 58.2 Å². The molecule has 1 aromatic carbocycles. The molecule has 0 saturated heterocycles. The number of hydrogen-bond acceptors (Lipinski definition) is 3. The van der Waals surface area contributed by atoms with Crippen molar-refractivity contribution in [3.05, 3.63) is 43.3 Å². The molecule has 1 aromatic rings. The molecule has 5 nitrogen and oxygen atoms in total. The van der Waals surface area contributed by atoms with E-state index in [4.69, 9.17) is 15.4 Å². The van der Waals surface area contributed by atoms with Gasteiger partial charge in [0.05, 0.1) is 13.2 Å². The smallest absolute Gasteiger partial charge is 0.0727 e. The molecule has 6 heteroatoms. The van der Waals surface area contributed by atoms with Crippen molar-refractivity contribution in [1.82, 2.24) is 0 Å². The quantitative estimate of drug-likeness (QED) is 0.214. The average Bonchev–Trinajstić information content (AvgIpc) is 2.47. The zero-order chi connectivity index (χ0) is 14.6. The number of aliphatic hydroxyl groups excluding tert-OH is 1. The van der Waals surface area contributed by atoms with Crippen molar-refractivity contribution in [2.75, 3.05) is 13.2 Å². The van der Waals surface area contributed by atoms with Crippen molar-refractivity contribution in [2.24, 2.45) is 5.11 Å². The van der Waals surface area contributed by atoms with Crippen LogP contribution in [-0.4, -0.2) is 18.3 Å². The highest BCUT2D eigenvalue weighted by Gasteiger charge is 2.01. The molecule has 0 aromatic heterocycles. The first-order chi connectivity index (χ1) is 9.77. The minimum atomic E-state index is 0.0764. The third-order valence-corrected chi connectivity index (χ3v) is 3.92. The summed E-state index contributed by atoms with van der Waals surface area (Å²) in [6.07, 6.45) is 4.15. The number of aliphatic hydroxyl groups is 1. The van der Waals surface area contributed by atoms with Crippen LogP contribution in [0.4, 0.5) is 0 Å². The Kier molecular flexibility index (Phi) is 9.40. The molecule has 0 saturated carbocycles. The van der Waals surface area contributed by atoms with Crippen molar-refractivity contribution in [2.45, 2.75) is 38.9 Å². The molecule has 0 amide bonds. The first kappa shape index (κ1) is 17.2. The standard InChI is InChI=1S/C14H20IN3O2/c15-14-9-12(10-19)5-6-13(14)11-20-8-4-2-1-3-7-17-18-16/h5-6,9,19H,1-4,7-8,10-11H2. The second-order valence-corrected chi connectivity index (χ2v) is 5.67. The van der Waals surface area contributed by atoms with Gasteiger partial charge < -0.3 is 9.84 Å². The maximum Gasteiger partial charge on any atom is 0.0727 e. The zero-order valence-corrected chi connectivity index (χ0v) is 13.6. The maximum atomic E-state index is 9.04. The number of rotatable bonds is 10. The van der Waals surface area contributed by atoms with Crippen LogP contribution >= 0.6 is 22.6 Å². The molecular weight excluding hydrogens is 369 g/mol. The molecule has 0 atom stereocenters. The first-order valence-corrected chi connectivity index (χ1v) is 7.82. The second-order valence-electron chi connectivity index (χ2n) is 4.51. The lowest BCUT2D eigenvalue weighted by Crippen LogP contribution is -1.98. The van der Waals surface area contributed by atoms with E-state index in [1.165, 1.54) is 0 Å². The van der Waals surface area contributed by atoms with E-state index in [1.807, 2.05) is 18.2 Å². The van der Waals surface area contributed by atoms with Gasteiger partial charge in [0.2, 0.25) is 0 Å². The van der Waals surface area contributed by atoms with E-state index in [2.05, 4.69) is 32.6 Å². The number of ether oxygens (including phenoxy) is 1. The second kappa shape index (κ2) is 10.9. The van der Waals surface area contributed by atoms with Crippen molar-refractivity contribution in [3.63, 3.8) is 0 Å². The number of azide groups is 1. The van der Waals surface area contributed by atoms with Gasteiger partial charge in [0.15, 0.2) is 0 Å². The van der Waals surface area contributed by atoms with E-state index >= 15 is 0 Å². The number of nitrogens with zero attached hydrogens (tertiary/aromatic N) is 3. The van der Waals surface area contributed by atoms with Gasteiger partial charge in [-0.25, -0.2) is 0 Å². The van der Waals surface area contributed by atoms with E-state index < -0.39 is 0 Å². The largest absolute Gasteiger partial charge is 0.392 e. The fourth-order valence-electron chi connectivity index (χ4n) is 1.77. The topological polar surface area (TPSA) is 78.2 Å². The predicted octanol–water partition coefficient (Wildman–Crippen LogP) is 4.17. The minimum absolute atomic E-state index is 0.0764. The van der Waals surface area contributed by atoms with E-state index in [1.54, 1.807) is 0 Å². The van der Waals surface area contributed by atoms with Crippen LogP contribution in [0.2, 0.25) is 0 Å². The summed E-state index contributed by atoms with van der Waals surface area (Å²) in [4.78, 5) is 2.72. The molecular formula is C14H20IN3O2. The maximum absolute atomic E-state index is 9.04. The summed E-state index contributed by atoms with van der Waals surface area (Å²) in [7, 11) is 0. The van der Waals surface area contributed by atoms with Gasteiger partial charge in [-0.3, -0.25) is 0 Å². The monoisotopic (exact) mass is 389 g/mol. The van der Waals surface area contributed by atoms with Crippen LogP contribution in [0, 0.1) is 3.57 Å². The lowest BCUT2D eigenvalue weighted by atomic mass is 10.1. The molecule has 110 valence electrons. The first-order valence-electron chi connectivity index (χ1n) is 6.74. The predicted molar refractivity (Wildman–Crippen MR) is 87.2 cm³/mol. The highest BCUT2D eigenvalue weighted by molar-refractivity contribution is 14.1. The molecule has 0 aliphatic carbocycles. The van der Waals surface area contributed by atoms with Crippen LogP contribution in [0.3, 0.4) is 0 Å². The van der Waals surface area contributed by atoms with Gasteiger partial charge in [0.25, 0.3) is 0 Å². The molecule has 0 bridgehead atoms. The average molecular weight is 389 g/mol. The molecule has 0 radical (unpaired) electrons. The summed E-state index contributed by atoms with van der Waals surface area (Å²) < 4.78 is 6.78. The van der Waals surface area contributed by atoms with Crippen LogP contribution in [0.5, 0.6) is 0 Å². The molecule has 0 aliphatic rings. The molecule has 0 spiro atoms. The van der Waals surface area contributed by atoms with Crippen molar-refractivity contribution in [3.8, 4) is 0 Å². The van der Waals surface area contributed by atoms with Crippen LogP contribution in [0.15, 0.2) is 23.3 Å². The van der Waals surface area contributed by atoms with Crippen LogP contribution < -0.4 is 0 Å². The van der Waals surface area contributed by atoms with Crippen LogP contribution in [0.1, 0.15) is 36.8 Å². The van der Waals surface area contributed by atoms with Gasteiger partial charge in [-0.15, -0.1) is 0 Å². The lowest BCUT2D eigenvalue weighted by Gasteiger charge is -2.07. The zero-order valence-electron chi connectivity index (χ0n) is 11.5. The Morgan fingerprint density at radius 3 is 2.75 bits per heavy atom. The molecule has 1 N–H and O–H groups in total. The molecule has 0 aliphatic heterocycles. The lowest BCUT2D eigenvalue weighted by molar-refractivity contribution is 0.116. The minimum Gasteiger partial charge on any atom is -0.392 e. The third kappa shape index (κ3) is 7.09. The van der Waals surface area contributed by atoms with Crippen molar-refractivity contribution >= 4 is 22.6 Å². The molecule has 0 fully saturated rings. The van der Waals surface area contributed by atoms with Crippen LogP contribution in [-0.2, 0) is 18.0 Å². The van der Waals surface area contributed by atoms with Gasteiger partial charge >= 0.3 is 0 Å². The van der Waals surface area contributed by atoms with E-state index in [0.717, 1.165) is 47.0 Å². The summed E-state index contributed by atoms with van der Waals surface area (Å²) >= 11 is 2.27. The highest BCUT2D eigenvalue weighted by atomic mass is 127. The van der Waals surface area contributed by atoms with Gasteiger partial charge in [-0.2, -0.15) is 0 Å². The Bertz CT molecular complexity index is 448. The summed E-state index contributed by atoms with van der Waals surface area (Å²) in [5, 5.41) is 12.5. The third-order valence-electron chi connectivity index (χ3n) is 2.92. The van der Waals surface area contributed by atoms with Crippen LogP contribution in [0.25, 0.3) is 10.4 Å². The summed E-state index contributed by atoms with van der Waals surface area (Å²) in [5.74, 6) is 0. The van der Waals surface area contributed by atoms with E-state index in [0.29, 0.717) is 13.2 Å².